The monoisotopic (exact) mass is 226 g/mol. The van der Waals surface area contributed by atoms with Crippen LogP contribution in [0.25, 0.3) is 0 Å². The lowest BCUT2D eigenvalue weighted by molar-refractivity contribution is -0.129. The Bertz CT molecular complexity index is 239. The van der Waals surface area contributed by atoms with Crippen molar-refractivity contribution >= 4 is 5.91 Å². The van der Waals surface area contributed by atoms with Crippen LogP contribution in [0.5, 0.6) is 0 Å². The highest BCUT2D eigenvalue weighted by Gasteiger charge is 2.30. The second kappa shape index (κ2) is 5.64. The lowest BCUT2D eigenvalue weighted by Crippen LogP contribution is -2.44. The fourth-order valence-corrected chi connectivity index (χ4v) is 2.76. The predicted molar refractivity (Wildman–Crippen MR) is 61.9 cm³/mol. The van der Waals surface area contributed by atoms with Crippen LogP contribution in [0.4, 0.5) is 0 Å². The minimum atomic E-state index is 0.0628. The molecule has 0 aromatic rings. The van der Waals surface area contributed by atoms with E-state index in [0.717, 1.165) is 32.3 Å². The van der Waals surface area contributed by atoms with Crippen LogP contribution in [0.3, 0.4) is 0 Å². The molecule has 3 atom stereocenters. The maximum absolute atomic E-state index is 12.0. The van der Waals surface area contributed by atoms with E-state index < -0.39 is 0 Å². The standard InChI is InChI=1S/C12H22N2O2/c13-7-9-3-1-5-11(9)14-12(15)10-4-2-6-16-8-10/h9-11H,1-8,13H2,(H,14,15). The highest BCUT2D eigenvalue weighted by Crippen LogP contribution is 2.25. The Balaban J connectivity index is 1.81. The van der Waals surface area contributed by atoms with Crippen LogP contribution in [0, 0.1) is 11.8 Å². The zero-order valence-electron chi connectivity index (χ0n) is 9.78. The number of carbonyl (C=O) groups excluding carboxylic acids is 1. The summed E-state index contributed by atoms with van der Waals surface area (Å²) in [6.45, 7) is 2.08. The van der Waals surface area contributed by atoms with Gasteiger partial charge in [0.25, 0.3) is 0 Å². The van der Waals surface area contributed by atoms with E-state index in [-0.39, 0.29) is 11.8 Å². The molecular formula is C12H22N2O2. The Morgan fingerprint density at radius 3 is 2.88 bits per heavy atom. The third-order valence-electron chi connectivity index (χ3n) is 3.82. The molecule has 1 saturated heterocycles. The van der Waals surface area contributed by atoms with Crippen molar-refractivity contribution in [3.05, 3.63) is 0 Å². The fourth-order valence-electron chi connectivity index (χ4n) is 2.76. The van der Waals surface area contributed by atoms with Crippen molar-refractivity contribution in [1.82, 2.24) is 5.32 Å². The number of nitrogens with two attached hydrogens (primary N) is 1. The molecule has 1 amide bonds. The van der Waals surface area contributed by atoms with Crippen LogP contribution >= 0.6 is 0 Å². The second-order valence-corrected chi connectivity index (χ2v) is 4.96. The van der Waals surface area contributed by atoms with Gasteiger partial charge in [-0.2, -0.15) is 0 Å². The molecule has 4 nitrogen and oxygen atoms in total. The number of hydrogen-bond donors (Lipinski definition) is 2. The van der Waals surface area contributed by atoms with E-state index >= 15 is 0 Å². The van der Waals surface area contributed by atoms with Crippen LogP contribution in [-0.2, 0) is 9.53 Å². The van der Waals surface area contributed by atoms with Crippen LogP contribution in [0.2, 0.25) is 0 Å². The molecule has 3 unspecified atom stereocenters. The highest BCUT2D eigenvalue weighted by atomic mass is 16.5. The molecule has 2 rings (SSSR count). The summed E-state index contributed by atoms with van der Waals surface area (Å²) >= 11 is 0. The van der Waals surface area contributed by atoms with Gasteiger partial charge in [-0.1, -0.05) is 6.42 Å². The Hall–Kier alpha value is -0.610. The van der Waals surface area contributed by atoms with Crippen molar-refractivity contribution in [3.63, 3.8) is 0 Å². The second-order valence-electron chi connectivity index (χ2n) is 4.96. The molecule has 0 spiro atoms. The lowest BCUT2D eigenvalue weighted by Gasteiger charge is -2.25. The molecule has 2 fully saturated rings. The van der Waals surface area contributed by atoms with Gasteiger partial charge in [0.1, 0.15) is 0 Å². The van der Waals surface area contributed by atoms with E-state index in [4.69, 9.17) is 10.5 Å². The lowest BCUT2D eigenvalue weighted by atomic mass is 9.99. The maximum Gasteiger partial charge on any atom is 0.225 e. The molecule has 3 N–H and O–H groups in total. The van der Waals surface area contributed by atoms with E-state index in [1.54, 1.807) is 0 Å². The van der Waals surface area contributed by atoms with Gasteiger partial charge in [0, 0.05) is 12.6 Å². The summed E-state index contributed by atoms with van der Waals surface area (Å²) in [4.78, 5) is 12.0. The smallest absolute Gasteiger partial charge is 0.225 e. The Labute approximate surface area is 96.9 Å². The number of carbonyl (C=O) groups is 1. The summed E-state index contributed by atoms with van der Waals surface area (Å²) in [6.07, 6.45) is 5.40. The summed E-state index contributed by atoms with van der Waals surface area (Å²) < 4.78 is 5.34. The van der Waals surface area contributed by atoms with Gasteiger partial charge in [0.15, 0.2) is 0 Å². The number of amides is 1. The molecule has 2 aliphatic rings. The van der Waals surface area contributed by atoms with E-state index in [2.05, 4.69) is 5.32 Å². The molecule has 92 valence electrons. The van der Waals surface area contributed by atoms with Crippen LogP contribution < -0.4 is 11.1 Å². The third kappa shape index (κ3) is 2.74. The molecular weight excluding hydrogens is 204 g/mol. The van der Waals surface area contributed by atoms with E-state index in [0.29, 0.717) is 25.1 Å². The maximum atomic E-state index is 12.0. The van der Waals surface area contributed by atoms with Gasteiger partial charge in [0.2, 0.25) is 5.91 Å². The van der Waals surface area contributed by atoms with E-state index in [1.165, 1.54) is 6.42 Å². The summed E-state index contributed by atoms with van der Waals surface area (Å²) in [5.41, 5.74) is 5.70. The van der Waals surface area contributed by atoms with Crippen molar-refractivity contribution in [2.75, 3.05) is 19.8 Å². The number of rotatable bonds is 3. The largest absolute Gasteiger partial charge is 0.381 e. The summed E-state index contributed by atoms with van der Waals surface area (Å²) in [5, 5.41) is 3.15. The first-order valence-corrected chi connectivity index (χ1v) is 6.39. The topological polar surface area (TPSA) is 64.3 Å². The van der Waals surface area contributed by atoms with E-state index in [1.807, 2.05) is 0 Å². The molecule has 1 aliphatic carbocycles. The molecule has 16 heavy (non-hydrogen) atoms. The number of nitrogens with one attached hydrogen (secondary N) is 1. The average molecular weight is 226 g/mol. The van der Waals surface area contributed by atoms with Gasteiger partial charge in [-0.15, -0.1) is 0 Å². The Morgan fingerprint density at radius 1 is 1.31 bits per heavy atom. The summed E-state index contributed by atoms with van der Waals surface area (Å²) in [7, 11) is 0. The van der Waals surface area contributed by atoms with Gasteiger partial charge in [-0.05, 0) is 38.1 Å². The molecule has 4 heteroatoms. The van der Waals surface area contributed by atoms with Crippen molar-refractivity contribution in [2.45, 2.75) is 38.1 Å². The average Bonchev–Trinajstić information content (AvgIpc) is 2.77. The quantitative estimate of drug-likeness (QED) is 0.743. The SMILES string of the molecule is NCC1CCCC1NC(=O)C1CCCOC1. The first-order valence-electron chi connectivity index (χ1n) is 6.39. The van der Waals surface area contributed by atoms with Gasteiger partial charge in [-0.3, -0.25) is 4.79 Å². The molecule has 0 bridgehead atoms. The van der Waals surface area contributed by atoms with Gasteiger partial charge in [-0.25, -0.2) is 0 Å². The van der Waals surface area contributed by atoms with Crippen LogP contribution in [0.1, 0.15) is 32.1 Å². The molecule has 0 aromatic heterocycles. The fraction of sp³-hybridized carbons (Fsp3) is 0.917. The van der Waals surface area contributed by atoms with Crippen LogP contribution in [-0.4, -0.2) is 31.7 Å². The molecule has 1 heterocycles. The van der Waals surface area contributed by atoms with Gasteiger partial charge in [0.05, 0.1) is 12.5 Å². The zero-order chi connectivity index (χ0) is 11.4. The molecule has 0 aromatic carbocycles. The number of ether oxygens (including phenoxy) is 1. The molecule has 0 radical (unpaired) electrons. The summed E-state index contributed by atoms with van der Waals surface area (Å²) in [5.74, 6) is 0.714. The normalized spacial score (nSPS) is 34.9. The zero-order valence-corrected chi connectivity index (χ0v) is 9.78. The number of hydrogen-bond acceptors (Lipinski definition) is 3. The first kappa shape index (κ1) is 11.9. The van der Waals surface area contributed by atoms with Crippen molar-refractivity contribution in [3.8, 4) is 0 Å². The highest BCUT2D eigenvalue weighted by molar-refractivity contribution is 5.79. The first-order chi connectivity index (χ1) is 7.81. The van der Waals surface area contributed by atoms with Crippen molar-refractivity contribution < 1.29 is 9.53 Å². The minimum absolute atomic E-state index is 0.0628. The third-order valence-corrected chi connectivity index (χ3v) is 3.82. The van der Waals surface area contributed by atoms with Gasteiger partial charge >= 0.3 is 0 Å². The molecule has 1 saturated carbocycles. The van der Waals surface area contributed by atoms with E-state index in [9.17, 15) is 4.79 Å². The van der Waals surface area contributed by atoms with Crippen LogP contribution in [0.15, 0.2) is 0 Å². The van der Waals surface area contributed by atoms with Gasteiger partial charge < -0.3 is 15.8 Å². The Morgan fingerprint density at radius 2 is 2.19 bits per heavy atom. The summed E-state index contributed by atoms with van der Waals surface area (Å²) in [6, 6.07) is 0.305. The minimum Gasteiger partial charge on any atom is -0.381 e. The Kier molecular flexibility index (Phi) is 4.18. The van der Waals surface area contributed by atoms with Crippen molar-refractivity contribution in [2.24, 2.45) is 17.6 Å². The van der Waals surface area contributed by atoms with Crippen molar-refractivity contribution in [1.29, 1.82) is 0 Å². The molecule has 1 aliphatic heterocycles. The predicted octanol–water partition coefficient (Wildman–Crippen LogP) is 0.657.